The number of hydrogen-bond donors (Lipinski definition) is 1. The third-order valence-corrected chi connectivity index (χ3v) is 2.71. The van der Waals surface area contributed by atoms with Crippen molar-refractivity contribution in [2.24, 2.45) is 0 Å². The van der Waals surface area contributed by atoms with E-state index in [0.29, 0.717) is 17.3 Å². The van der Waals surface area contributed by atoms with Crippen LogP contribution in [-0.2, 0) is 12.8 Å². The summed E-state index contributed by atoms with van der Waals surface area (Å²) in [7, 11) is 0. The fraction of sp³-hybridized carbons (Fsp3) is 0.333. The zero-order chi connectivity index (χ0) is 13.1. The molecule has 0 aromatic carbocycles. The van der Waals surface area contributed by atoms with Gasteiger partial charge in [0.15, 0.2) is 0 Å². The second kappa shape index (κ2) is 4.84. The SMILES string of the molecule is CCc1nn(-c2nccc(C#N)n2)c(CC)c1N. The number of nitrogens with two attached hydrogens (primary N) is 1. The first kappa shape index (κ1) is 12.0. The van der Waals surface area contributed by atoms with Crippen molar-refractivity contribution in [1.29, 1.82) is 5.26 Å². The molecule has 0 atom stereocenters. The maximum Gasteiger partial charge on any atom is 0.252 e. The summed E-state index contributed by atoms with van der Waals surface area (Å²) in [6.07, 6.45) is 3.03. The van der Waals surface area contributed by atoms with Crippen LogP contribution in [0.15, 0.2) is 12.3 Å². The number of nitrogen functional groups attached to an aromatic ring is 1. The summed E-state index contributed by atoms with van der Waals surface area (Å²) in [4.78, 5) is 8.27. The van der Waals surface area contributed by atoms with E-state index in [1.54, 1.807) is 16.9 Å². The molecule has 2 N–H and O–H groups in total. The Bertz CT molecular complexity index is 608. The minimum Gasteiger partial charge on any atom is -0.396 e. The van der Waals surface area contributed by atoms with E-state index >= 15 is 0 Å². The lowest BCUT2D eigenvalue weighted by molar-refractivity contribution is 0.744. The standard InChI is InChI=1S/C12H14N6/c1-3-9-11(14)10(4-2)18(17-9)12-15-6-5-8(7-13)16-12/h5-6H,3-4,14H2,1-2H3. The molecule has 0 amide bonds. The van der Waals surface area contributed by atoms with Crippen LogP contribution in [0.2, 0.25) is 0 Å². The Balaban J connectivity index is 2.59. The van der Waals surface area contributed by atoms with Crippen molar-refractivity contribution >= 4 is 5.69 Å². The van der Waals surface area contributed by atoms with Crippen molar-refractivity contribution in [2.45, 2.75) is 26.7 Å². The molecule has 6 nitrogen and oxygen atoms in total. The van der Waals surface area contributed by atoms with E-state index in [4.69, 9.17) is 11.0 Å². The Morgan fingerprint density at radius 2 is 2.17 bits per heavy atom. The van der Waals surface area contributed by atoms with Gasteiger partial charge in [0.05, 0.1) is 17.1 Å². The average molecular weight is 242 g/mol. The molecular weight excluding hydrogens is 228 g/mol. The van der Waals surface area contributed by atoms with Crippen LogP contribution in [-0.4, -0.2) is 19.7 Å². The molecule has 92 valence electrons. The summed E-state index contributed by atoms with van der Waals surface area (Å²) < 4.78 is 1.62. The Hall–Kier alpha value is -2.42. The van der Waals surface area contributed by atoms with E-state index in [1.165, 1.54) is 0 Å². The summed E-state index contributed by atoms with van der Waals surface area (Å²) in [6, 6.07) is 3.54. The molecule has 2 heterocycles. The summed E-state index contributed by atoms with van der Waals surface area (Å²) in [5.41, 5.74) is 8.74. The predicted octanol–water partition coefficient (Wildman–Crippen LogP) is 1.24. The second-order valence-electron chi connectivity index (χ2n) is 3.78. The van der Waals surface area contributed by atoms with Gasteiger partial charge in [0.1, 0.15) is 11.8 Å². The topological polar surface area (TPSA) is 93.4 Å². The molecule has 0 bridgehead atoms. The molecule has 0 unspecified atom stereocenters. The average Bonchev–Trinajstić information content (AvgIpc) is 2.75. The lowest BCUT2D eigenvalue weighted by Crippen LogP contribution is -2.07. The van der Waals surface area contributed by atoms with Gasteiger partial charge in [0.2, 0.25) is 0 Å². The van der Waals surface area contributed by atoms with Crippen LogP contribution < -0.4 is 5.73 Å². The Labute approximate surface area is 105 Å². The summed E-state index contributed by atoms with van der Waals surface area (Å²) in [5.74, 6) is 0.386. The third kappa shape index (κ3) is 1.91. The van der Waals surface area contributed by atoms with E-state index in [2.05, 4.69) is 15.1 Å². The monoisotopic (exact) mass is 242 g/mol. The third-order valence-electron chi connectivity index (χ3n) is 2.71. The molecule has 0 fully saturated rings. The summed E-state index contributed by atoms with van der Waals surface area (Å²) in [5, 5.41) is 13.2. The fourth-order valence-corrected chi connectivity index (χ4v) is 1.80. The molecule has 0 spiro atoms. The van der Waals surface area contributed by atoms with Crippen LogP contribution in [0.5, 0.6) is 0 Å². The highest BCUT2D eigenvalue weighted by atomic mass is 15.4. The Morgan fingerprint density at radius 3 is 2.78 bits per heavy atom. The first-order valence-electron chi connectivity index (χ1n) is 5.81. The van der Waals surface area contributed by atoms with Crippen LogP contribution in [0.4, 0.5) is 5.69 Å². The van der Waals surface area contributed by atoms with Gasteiger partial charge < -0.3 is 5.73 Å². The molecule has 2 aromatic rings. The number of aryl methyl sites for hydroxylation is 1. The zero-order valence-electron chi connectivity index (χ0n) is 10.4. The van der Waals surface area contributed by atoms with Gasteiger partial charge in [-0.25, -0.2) is 14.6 Å². The Morgan fingerprint density at radius 1 is 1.39 bits per heavy atom. The van der Waals surface area contributed by atoms with Gasteiger partial charge in [-0.1, -0.05) is 13.8 Å². The van der Waals surface area contributed by atoms with Crippen LogP contribution >= 0.6 is 0 Å². The van der Waals surface area contributed by atoms with E-state index in [9.17, 15) is 0 Å². The first-order chi connectivity index (χ1) is 8.71. The van der Waals surface area contributed by atoms with Crippen molar-refractivity contribution in [1.82, 2.24) is 19.7 Å². The van der Waals surface area contributed by atoms with Crippen LogP contribution in [0.25, 0.3) is 5.95 Å². The van der Waals surface area contributed by atoms with Crippen molar-refractivity contribution in [3.8, 4) is 12.0 Å². The van der Waals surface area contributed by atoms with Gasteiger partial charge in [0.25, 0.3) is 5.95 Å². The van der Waals surface area contributed by atoms with Gasteiger partial charge in [-0.2, -0.15) is 10.4 Å². The molecular formula is C12H14N6. The minimum atomic E-state index is 0.314. The highest BCUT2D eigenvalue weighted by Crippen LogP contribution is 2.20. The number of anilines is 1. The molecule has 2 aromatic heterocycles. The smallest absolute Gasteiger partial charge is 0.252 e. The van der Waals surface area contributed by atoms with Crippen LogP contribution in [0, 0.1) is 11.3 Å². The number of nitriles is 1. The lowest BCUT2D eigenvalue weighted by Gasteiger charge is -2.03. The molecule has 0 saturated heterocycles. The molecule has 0 aliphatic heterocycles. The molecule has 0 radical (unpaired) electrons. The van der Waals surface area contributed by atoms with Crippen molar-refractivity contribution in [2.75, 3.05) is 5.73 Å². The molecule has 0 aliphatic carbocycles. The van der Waals surface area contributed by atoms with Gasteiger partial charge in [0, 0.05) is 6.20 Å². The highest BCUT2D eigenvalue weighted by molar-refractivity contribution is 5.50. The van der Waals surface area contributed by atoms with Gasteiger partial charge in [-0.15, -0.1) is 0 Å². The molecule has 0 aliphatic rings. The number of rotatable bonds is 3. The predicted molar refractivity (Wildman–Crippen MR) is 67.0 cm³/mol. The largest absolute Gasteiger partial charge is 0.396 e. The maximum atomic E-state index is 8.85. The summed E-state index contributed by atoms with van der Waals surface area (Å²) in [6.45, 7) is 3.99. The molecule has 2 rings (SSSR count). The first-order valence-corrected chi connectivity index (χ1v) is 5.81. The number of hydrogen-bond acceptors (Lipinski definition) is 5. The van der Waals surface area contributed by atoms with E-state index in [-0.39, 0.29) is 0 Å². The maximum absolute atomic E-state index is 8.85. The van der Waals surface area contributed by atoms with Crippen molar-refractivity contribution < 1.29 is 0 Å². The molecule has 6 heteroatoms. The summed E-state index contributed by atoms with van der Waals surface area (Å²) >= 11 is 0. The van der Waals surface area contributed by atoms with E-state index in [1.807, 2.05) is 19.9 Å². The fourth-order valence-electron chi connectivity index (χ4n) is 1.80. The van der Waals surface area contributed by atoms with Crippen molar-refractivity contribution in [3.05, 3.63) is 29.3 Å². The van der Waals surface area contributed by atoms with E-state index in [0.717, 1.165) is 24.2 Å². The van der Waals surface area contributed by atoms with Gasteiger partial charge in [-0.05, 0) is 18.9 Å². The second-order valence-corrected chi connectivity index (χ2v) is 3.78. The van der Waals surface area contributed by atoms with Crippen molar-refractivity contribution in [3.63, 3.8) is 0 Å². The Kier molecular flexibility index (Phi) is 3.24. The van der Waals surface area contributed by atoms with E-state index < -0.39 is 0 Å². The van der Waals surface area contributed by atoms with Crippen LogP contribution in [0.3, 0.4) is 0 Å². The normalized spacial score (nSPS) is 10.3. The lowest BCUT2D eigenvalue weighted by atomic mass is 10.2. The minimum absolute atomic E-state index is 0.314. The highest BCUT2D eigenvalue weighted by Gasteiger charge is 2.15. The van der Waals surface area contributed by atoms with Crippen LogP contribution in [0.1, 0.15) is 30.9 Å². The zero-order valence-corrected chi connectivity index (χ0v) is 10.4. The molecule has 18 heavy (non-hydrogen) atoms. The van der Waals surface area contributed by atoms with Gasteiger partial charge >= 0.3 is 0 Å². The molecule has 0 saturated carbocycles. The number of nitrogens with zero attached hydrogens (tertiary/aromatic N) is 5. The van der Waals surface area contributed by atoms with Gasteiger partial charge in [-0.3, -0.25) is 0 Å². The quantitative estimate of drug-likeness (QED) is 0.873. The number of aromatic nitrogens is 4.